The highest BCUT2D eigenvalue weighted by atomic mass is 19.4. The summed E-state index contributed by atoms with van der Waals surface area (Å²) < 4.78 is 41.3. The Bertz CT molecular complexity index is 280. The number of hydrogen-bond acceptors (Lipinski definition) is 2. The van der Waals surface area contributed by atoms with Crippen LogP contribution in [-0.2, 0) is 4.74 Å². The van der Waals surface area contributed by atoms with Crippen molar-refractivity contribution in [1.82, 2.24) is 5.32 Å². The van der Waals surface area contributed by atoms with Crippen LogP contribution >= 0.6 is 0 Å². The summed E-state index contributed by atoms with van der Waals surface area (Å²) in [5.41, 5.74) is -0.0664. The molecule has 2 rings (SSSR count). The van der Waals surface area contributed by atoms with Crippen molar-refractivity contribution in [2.45, 2.75) is 45.3 Å². The lowest BCUT2D eigenvalue weighted by Gasteiger charge is -2.32. The Morgan fingerprint density at radius 1 is 1.28 bits per heavy atom. The summed E-state index contributed by atoms with van der Waals surface area (Å²) in [6.07, 6.45) is -0.901. The van der Waals surface area contributed by atoms with Gasteiger partial charge in [0.15, 0.2) is 0 Å². The fourth-order valence-electron chi connectivity index (χ4n) is 3.12. The van der Waals surface area contributed by atoms with E-state index in [1.807, 2.05) is 0 Å². The molecule has 2 atom stereocenters. The average Bonchev–Trinajstić information content (AvgIpc) is 2.83. The zero-order valence-corrected chi connectivity index (χ0v) is 11.0. The van der Waals surface area contributed by atoms with Crippen molar-refractivity contribution in [3.05, 3.63) is 0 Å². The van der Waals surface area contributed by atoms with Gasteiger partial charge in [-0.25, -0.2) is 0 Å². The van der Waals surface area contributed by atoms with E-state index in [-0.39, 0.29) is 12.0 Å². The van der Waals surface area contributed by atoms with Crippen LogP contribution in [0, 0.1) is 17.3 Å². The first kappa shape index (κ1) is 14.1. The fourth-order valence-corrected chi connectivity index (χ4v) is 3.12. The fraction of sp³-hybridized carbons (Fsp3) is 1.00. The van der Waals surface area contributed by atoms with E-state index < -0.39 is 12.8 Å². The van der Waals surface area contributed by atoms with Crippen molar-refractivity contribution in [2.24, 2.45) is 17.3 Å². The molecule has 0 aromatic rings. The van der Waals surface area contributed by atoms with Gasteiger partial charge in [-0.2, -0.15) is 13.2 Å². The molecule has 0 aliphatic heterocycles. The summed E-state index contributed by atoms with van der Waals surface area (Å²) >= 11 is 0. The van der Waals surface area contributed by atoms with E-state index >= 15 is 0 Å². The standard InChI is InChI=1S/C13H22F3NO/c1-9(2)17-6-12(4-10-3-11(10)5-12)7-18-8-13(14,15)16/h9-11,17H,3-8H2,1-2H3. The van der Waals surface area contributed by atoms with Gasteiger partial charge in [-0.15, -0.1) is 0 Å². The molecular formula is C13H22F3NO. The highest BCUT2D eigenvalue weighted by Crippen LogP contribution is 2.59. The normalized spacial score (nSPS) is 35.0. The van der Waals surface area contributed by atoms with E-state index in [0.29, 0.717) is 6.04 Å². The first-order valence-electron chi connectivity index (χ1n) is 6.68. The first-order chi connectivity index (χ1) is 8.30. The van der Waals surface area contributed by atoms with Gasteiger partial charge in [-0.05, 0) is 31.1 Å². The summed E-state index contributed by atoms with van der Waals surface area (Å²) in [5.74, 6) is 1.49. The molecule has 0 bridgehead atoms. The number of halogens is 3. The second-order valence-corrected chi connectivity index (χ2v) is 6.31. The number of rotatable bonds is 6. The van der Waals surface area contributed by atoms with Crippen molar-refractivity contribution >= 4 is 0 Å². The topological polar surface area (TPSA) is 21.3 Å². The highest BCUT2D eigenvalue weighted by Gasteiger charge is 2.53. The maximum absolute atomic E-state index is 12.1. The second kappa shape index (κ2) is 5.00. The second-order valence-electron chi connectivity index (χ2n) is 6.31. The van der Waals surface area contributed by atoms with Crippen LogP contribution in [0.25, 0.3) is 0 Å². The highest BCUT2D eigenvalue weighted by molar-refractivity contribution is 5.04. The van der Waals surface area contributed by atoms with E-state index in [4.69, 9.17) is 4.74 Å². The molecule has 2 saturated carbocycles. The van der Waals surface area contributed by atoms with Crippen molar-refractivity contribution in [3.8, 4) is 0 Å². The molecule has 0 aromatic carbocycles. The minimum absolute atomic E-state index is 0.0664. The molecule has 18 heavy (non-hydrogen) atoms. The van der Waals surface area contributed by atoms with Gasteiger partial charge in [0.25, 0.3) is 0 Å². The number of nitrogens with one attached hydrogen (secondary N) is 1. The predicted molar refractivity (Wildman–Crippen MR) is 63.3 cm³/mol. The lowest BCUT2D eigenvalue weighted by atomic mass is 9.83. The van der Waals surface area contributed by atoms with Crippen molar-refractivity contribution in [1.29, 1.82) is 0 Å². The summed E-state index contributed by atoms with van der Waals surface area (Å²) in [6.45, 7) is 4.00. The SMILES string of the molecule is CC(C)NCC1(COCC(F)(F)F)CC2CC2C1. The average molecular weight is 265 g/mol. The van der Waals surface area contributed by atoms with Gasteiger partial charge in [0.1, 0.15) is 6.61 Å². The van der Waals surface area contributed by atoms with E-state index in [1.165, 1.54) is 6.42 Å². The molecule has 0 heterocycles. The quantitative estimate of drug-likeness (QED) is 0.797. The van der Waals surface area contributed by atoms with Crippen molar-refractivity contribution in [2.75, 3.05) is 19.8 Å². The zero-order valence-electron chi connectivity index (χ0n) is 11.0. The number of ether oxygens (including phenoxy) is 1. The van der Waals surface area contributed by atoms with Crippen LogP contribution in [0.3, 0.4) is 0 Å². The Morgan fingerprint density at radius 2 is 1.89 bits per heavy atom. The van der Waals surface area contributed by atoms with E-state index in [2.05, 4.69) is 19.2 Å². The minimum atomic E-state index is -4.21. The van der Waals surface area contributed by atoms with E-state index in [0.717, 1.165) is 31.2 Å². The Kier molecular flexibility index (Phi) is 3.93. The zero-order chi connectivity index (χ0) is 13.4. The summed E-state index contributed by atoms with van der Waals surface area (Å²) in [4.78, 5) is 0. The van der Waals surface area contributed by atoms with Gasteiger partial charge in [0.05, 0.1) is 6.61 Å². The maximum Gasteiger partial charge on any atom is 0.411 e. The Labute approximate surface area is 106 Å². The maximum atomic E-state index is 12.1. The third-order valence-electron chi connectivity index (χ3n) is 4.02. The molecule has 0 radical (unpaired) electrons. The predicted octanol–water partition coefficient (Wildman–Crippen LogP) is 2.98. The molecule has 0 spiro atoms. The smallest absolute Gasteiger partial charge is 0.371 e. The van der Waals surface area contributed by atoms with Crippen molar-refractivity contribution in [3.63, 3.8) is 0 Å². The van der Waals surface area contributed by atoms with Crippen LogP contribution < -0.4 is 5.32 Å². The Balaban J connectivity index is 1.81. The van der Waals surface area contributed by atoms with Crippen LogP contribution in [0.15, 0.2) is 0 Å². The van der Waals surface area contributed by atoms with Gasteiger partial charge in [0, 0.05) is 18.0 Å². The molecule has 2 unspecified atom stereocenters. The van der Waals surface area contributed by atoms with Crippen molar-refractivity contribution < 1.29 is 17.9 Å². The molecule has 1 N–H and O–H groups in total. The number of hydrogen-bond donors (Lipinski definition) is 1. The van der Waals surface area contributed by atoms with E-state index in [9.17, 15) is 13.2 Å². The Morgan fingerprint density at radius 3 is 2.39 bits per heavy atom. The van der Waals surface area contributed by atoms with Crippen LogP contribution in [0.4, 0.5) is 13.2 Å². The van der Waals surface area contributed by atoms with Gasteiger partial charge in [0.2, 0.25) is 0 Å². The molecule has 0 saturated heterocycles. The first-order valence-corrected chi connectivity index (χ1v) is 6.68. The molecule has 106 valence electrons. The van der Waals surface area contributed by atoms with Gasteiger partial charge >= 0.3 is 6.18 Å². The lowest BCUT2D eigenvalue weighted by molar-refractivity contribution is -0.181. The Hall–Kier alpha value is -0.290. The molecule has 2 nitrogen and oxygen atoms in total. The van der Waals surface area contributed by atoms with Gasteiger partial charge in [-0.1, -0.05) is 13.8 Å². The minimum Gasteiger partial charge on any atom is -0.371 e. The van der Waals surface area contributed by atoms with Gasteiger partial charge < -0.3 is 10.1 Å². The molecule has 0 aromatic heterocycles. The summed E-state index contributed by atoms with van der Waals surface area (Å²) in [7, 11) is 0. The van der Waals surface area contributed by atoms with Crippen LogP contribution in [0.1, 0.15) is 33.1 Å². The summed E-state index contributed by atoms with van der Waals surface area (Å²) in [5, 5.41) is 3.36. The molecule has 0 amide bonds. The number of alkyl halides is 3. The van der Waals surface area contributed by atoms with Gasteiger partial charge in [-0.3, -0.25) is 0 Å². The van der Waals surface area contributed by atoms with Crippen LogP contribution in [-0.4, -0.2) is 32.0 Å². The summed E-state index contributed by atoms with van der Waals surface area (Å²) in [6, 6.07) is 0.362. The van der Waals surface area contributed by atoms with Crippen LogP contribution in [0.5, 0.6) is 0 Å². The molecular weight excluding hydrogens is 243 g/mol. The molecule has 2 aliphatic rings. The number of fused-ring (bicyclic) bond motifs is 1. The van der Waals surface area contributed by atoms with Crippen LogP contribution in [0.2, 0.25) is 0 Å². The molecule has 2 fully saturated rings. The monoisotopic (exact) mass is 265 g/mol. The third-order valence-corrected chi connectivity index (χ3v) is 4.02. The third kappa shape index (κ3) is 3.85. The van der Waals surface area contributed by atoms with E-state index in [1.54, 1.807) is 0 Å². The lowest BCUT2D eigenvalue weighted by Crippen LogP contribution is -2.40. The molecule has 5 heteroatoms. The molecule has 2 aliphatic carbocycles. The largest absolute Gasteiger partial charge is 0.411 e.